The lowest BCUT2D eigenvalue weighted by Gasteiger charge is -2.18. The first-order chi connectivity index (χ1) is 12.1. The summed E-state index contributed by atoms with van der Waals surface area (Å²) in [5.74, 6) is 0.214. The van der Waals surface area contributed by atoms with Crippen LogP contribution in [0.5, 0.6) is 5.88 Å². The van der Waals surface area contributed by atoms with E-state index in [-0.39, 0.29) is 23.7 Å². The number of anilines is 1. The first kappa shape index (κ1) is 16.7. The Labute approximate surface area is 146 Å². The third-order valence-corrected chi connectivity index (χ3v) is 4.24. The van der Waals surface area contributed by atoms with Gasteiger partial charge in [0.25, 0.3) is 5.88 Å². The predicted molar refractivity (Wildman–Crippen MR) is 92.3 cm³/mol. The minimum Gasteiger partial charge on any atom is -0.470 e. The van der Waals surface area contributed by atoms with E-state index in [1.165, 1.54) is 18.0 Å². The SMILES string of the molecule is Cc1ccc(NC(=O)N2CCC(Oc3nccnc3C#N)C2)cc1C. The van der Waals surface area contributed by atoms with Crippen molar-refractivity contribution in [1.82, 2.24) is 14.9 Å². The lowest BCUT2D eigenvalue weighted by Crippen LogP contribution is -2.34. The number of benzene rings is 1. The fourth-order valence-corrected chi connectivity index (χ4v) is 2.68. The molecule has 0 spiro atoms. The van der Waals surface area contributed by atoms with Gasteiger partial charge in [-0.1, -0.05) is 6.07 Å². The molecule has 128 valence electrons. The number of carbonyl (C=O) groups excluding carboxylic acids is 1. The Morgan fingerprint density at radius 3 is 2.88 bits per heavy atom. The Bertz CT molecular complexity index is 830. The van der Waals surface area contributed by atoms with Crippen molar-refractivity contribution in [3.63, 3.8) is 0 Å². The maximum atomic E-state index is 12.4. The number of hydrogen-bond donors (Lipinski definition) is 1. The molecule has 25 heavy (non-hydrogen) atoms. The lowest BCUT2D eigenvalue weighted by molar-refractivity contribution is 0.189. The zero-order valence-electron chi connectivity index (χ0n) is 14.2. The molecule has 1 fully saturated rings. The molecular weight excluding hydrogens is 318 g/mol. The van der Waals surface area contributed by atoms with Gasteiger partial charge in [0, 0.05) is 31.0 Å². The molecule has 7 heteroatoms. The van der Waals surface area contributed by atoms with Crippen LogP contribution in [0.4, 0.5) is 10.5 Å². The minimum atomic E-state index is -0.200. The molecule has 1 atom stereocenters. The van der Waals surface area contributed by atoms with E-state index < -0.39 is 0 Å². The first-order valence-corrected chi connectivity index (χ1v) is 8.08. The standard InChI is InChI=1S/C18H19N5O2/c1-12-3-4-14(9-13(12)2)22-18(24)23-8-5-15(11-23)25-17-16(10-19)20-6-7-21-17/h3-4,6-7,9,15H,5,8,11H2,1-2H3,(H,22,24). The van der Waals surface area contributed by atoms with Gasteiger partial charge >= 0.3 is 6.03 Å². The number of carbonyl (C=O) groups is 1. The summed E-state index contributed by atoms with van der Waals surface area (Å²) in [4.78, 5) is 22.1. The highest BCUT2D eigenvalue weighted by molar-refractivity contribution is 5.89. The average molecular weight is 337 g/mol. The molecule has 0 aliphatic carbocycles. The Hall–Kier alpha value is -3.14. The van der Waals surface area contributed by atoms with E-state index in [0.717, 1.165) is 11.3 Å². The number of rotatable bonds is 3. The Morgan fingerprint density at radius 2 is 2.12 bits per heavy atom. The van der Waals surface area contributed by atoms with Crippen LogP contribution in [0.15, 0.2) is 30.6 Å². The van der Waals surface area contributed by atoms with Gasteiger partial charge in [0.05, 0.1) is 6.54 Å². The molecule has 1 unspecified atom stereocenters. The van der Waals surface area contributed by atoms with Gasteiger partial charge in [0.2, 0.25) is 5.69 Å². The molecule has 1 aliphatic rings. The Kier molecular flexibility index (Phi) is 4.80. The van der Waals surface area contributed by atoms with Gasteiger partial charge in [-0.15, -0.1) is 0 Å². The summed E-state index contributed by atoms with van der Waals surface area (Å²) in [7, 11) is 0. The van der Waals surface area contributed by atoms with Crippen molar-refractivity contribution in [3.05, 3.63) is 47.4 Å². The molecule has 0 bridgehead atoms. The number of ether oxygens (including phenoxy) is 1. The van der Waals surface area contributed by atoms with E-state index >= 15 is 0 Å². The average Bonchev–Trinajstić information content (AvgIpc) is 3.07. The molecule has 1 N–H and O–H groups in total. The van der Waals surface area contributed by atoms with Gasteiger partial charge in [0.15, 0.2) is 0 Å². The number of nitrogens with zero attached hydrogens (tertiary/aromatic N) is 4. The second-order valence-corrected chi connectivity index (χ2v) is 6.03. The molecule has 1 saturated heterocycles. The second-order valence-electron chi connectivity index (χ2n) is 6.03. The van der Waals surface area contributed by atoms with Crippen molar-refractivity contribution in [2.75, 3.05) is 18.4 Å². The monoisotopic (exact) mass is 337 g/mol. The second kappa shape index (κ2) is 7.18. The zero-order chi connectivity index (χ0) is 17.8. The highest BCUT2D eigenvalue weighted by Gasteiger charge is 2.28. The highest BCUT2D eigenvalue weighted by Crippen LogP contribution is 2.20. The molecule has 1 aromatic heterocycles. The van der Waals surface area contributed by atoms with Crippen molar-refractivity contribution >= 4 is 11.7 Å². The van der Waals surface area contributed by atoms with E-state index in [4.69, 9.17) is 10.00 Å². The van der Waals surface area contributed by atoms with E-state index in [0.29, 0.717) is 19.5 Å². The Morgan fingerprint density at radius 1 is 1.32 bits per heavy atom. The molecule has 0 saturated carbocycles. The summed E-state index contributed by atoms with van der Waals surface area (Å²) in [6.07, 6.45) is 3.41. The summed E-state index contributed by atoms with van der Waals surface area (Å²) >= 11 is 0. The van der Waals surface area contributed by atoms with E-state index in [1.54, 1.807) is 4.90 Å². The van der Waals surface area contributed by atoms with Gasteiger partial charge < -0.3 is 15.0 Å². The van der Waals surface area contributed by atoms with E-state index in [9.17, 15) is 4.79 Å². The molecule has 2 heterocycles. The summed E-state index contributed by atoms with van der Waals surface area (Å²) in [5.41, 5.74) is 3.25. The Balaban J connectivity index is 1.59. The number of aryl methyl sites for hydroxylation is 2. The number of likely N-dealkylation sites (tertiary alicyclic amines) is 1. The van der Waals surface area contributed by atoms with Crippen LogP contribution in [-0.2, 0) is 0 Å². The summed E-state index contributed by atoms with van der Waals surface area (Å²) in [6, 6.07) is 7.63. The fraction of sp³-hybridized carbons (Fsp3) is 0.333. The lowest BCUT2D eigenvalue weighted by atomic mass is 10.1. The first-order valence-electron chi connectivity index (χ1n) is 8.08. The zero-order valence-corrected chi connectivity index (χ0v) is 14.2. The third kappa shape index (κ3) is 3.86. The predicted octanol–water partition coefficient (Wildman–Crippen LogP) is 2.65. The topological polar surface area (TPSA) is 91.1 Å². The highest BCUT2D eigenvalue weighted by atomic mass is 16.5. The van der Waals surface area contributed by atoms with Crippen molar-refractivity contribution in [1.29, 1.82) is 5.26 Å². The molecule has 0 radical (unpaired) electrons. The summed E-state index contributed by atoms with van der Waals surface area (Å²) < 4.78 is 5.75. The maximum absolute atomic E-state index is 12.4. The van der Waals surface area contributed by atoms with Crippen LogP contribution >= 0.6 is 0 Å². The van der Waals surface area contributed by atoms with Gasteiger partial charge in [0.1, 0.15) is 12.2 Å². The van der Waals surface area contributed by atoms with E-state index in [2.05, 4.69) is 15.3 Å². The molecule has 3 rings (SSSR count). The van der Waals surface area contributed by atoms with Crippen molar-refractivity contribution in [2.24, 2.45) is 0 Å². The van der Waals surface area contributed by atoms with Gasteiger partial charge in [-0.2, -0.15) is 5.26 Å². The van der Waals surface area contributed by atoms with Gasteiger partial charge in [-0.25, -0.2) is 14.8 Å². The number of aromatic nitrogens is 2. The third-order valence-electron chi connectivity index (χ3n) is 4.24. The van der Waals surface area contributed by atoms with Crippen LogP contribution in [-0.4, -0.2) is 40.1 Å². The van der Waals surface area contributed by atoms with Gasteiger partial charge in [-0.05, 0) is 37.1 Å². The van der Waals surface area contributed by atoms with Crippen LogP contribution < -0.4 is 10.1 Å². The molecule has 2 aromatic rings. The molecule has 7 nitrogen and oxygen atoms in total. The molecule has 1 aromatic carbocycles. The van der Waals surface area contributed by atoms with Crippen molar-refractivity contribution in [2.45, 2.75) is 26.4 Å². The van der Waals surface area contributed by atoms with Crippen molar-refractivity contribution < 1.29 is 9.53 Å². The molecular formula is C18H19N5O2. The minimum absolute atomic E-state index is 0.153. The number of amides is 2. The normalized spacial score (nSPS) is 16.4. The smallest absolute Gasteiger partial charge is 0.321 e. The van der Waals surface area contributed by atoms with E-state index in [1.807, 2.05) is 38.1 Å². The van der Waals surface area contributed by atoms with Crippen LogP contribution in [0.25, 0.3) is 0 Å². The van der Waals surface area contributed by atoms with Crippen LogP contribution in [0.1, 0.15) is 23.2 Å². The number of urea groups is 1. The molecule has 1 aliphatic heterocycles. The van der Waals surface area contributed by atoms with Gasteiger partial charge in [-0.3, -0.25) is 0 Å². The molecule has 2 amide bonds. The van der Waals surface area contributed by atoms with Crippen molar-refractivity contribution in [3.8, 4) is 11.9 Å². The summed E-state index contributed by atoms with van der Waals surface area (Å²) in [5, 5.41) is 11.9. The quantitative estimate of drug-likeness (QED) is 0.929. The fourth-order valence-electron chi connectivity index (χ4n) is 2.68. The summed E-state index contributed by atoms with van der Waals surface area (Å²) in [6.45, 7) is 5.07. The number of nitrogens with one attached hydrogen (secondary N) is 1. The van der Waals surface area contributed by atoms with Crippen LogP contribution in [0.3, 0.4) is 0 Å². The largest absolute Gasteiger partial charge is 0.470 e. The maximum Gasteiger partial charge on any atom is 0.321 e. The van der Waals surface area contributed by atoms with Crippen LogP contribution in [0.2, 0.25) is 0 Å². The number of hydrogen-bond acceptors (Lipinski definition) is 5. The number of nitriles is 1. The van der Waals surface area contributed by atoms with Crippen LogP contribution in [0, 0.1) is 25.2 Å².